The zero-order valence-electron chi connectivity index (χ0n) is 24.9. The molecule has 1 amide bonds. The minimum atomic E-state index is -1.43. The number of ether oxygens (including phenoxy) is 5. The highest BCUT2D eigenvalue weighted by atomic mass is 35.5. The molecule has 0 saturated heterocycles. The number of halogens is 2. The Morgan fingerprint density at radius 1 is 0.795 bits per heavy atom. The van der Waals surface area contributed by atoms with Crippen molar-refractivity contribution < 1.29 is 38.4 Å². The molecule has 0 heterocycles. The van der Waals surface area contributed by atoms with E-state index in [0.29, 0.717) is 24.3 Å². The second kappa shape index (κ2) is 18.3. The van der Waals surface area contributed by atoms with Gasteiger partial charge in [-0.1, -0.05) is 84.2 Å². The number of esters is 1. The molecule has 0 aliphatic rings. The monoisotopic (exact) mass is 647 g/mol. The second-order valence-electron chi connectivity index (χ2n) is 9.83. The van der Waals surface area contributed by atoms with Crippen LogP contribution in [0, 0.1) is 0 Å². The quantitative estimate of drug-likeness (QED) is 0.0747. The van der Waals surface area contributed by atoms with Crippen LogP contribution < -0.4 is 14.8 Å². The number of nitrogens with one attached hydrogen (secondary N) is 1. The van der Waals surface area contributed by atoms with Crippen LogP contribution in [-0.4, -0.2) is 68.7 Å². The number of carbonyl (C=O) groups is 2. The van der Waals surface area contributed by atoms with Crippen LogP contribution >= 0.6 is 23.2 Å². The summed E-state index contributed by atoms with van der Waals surface area (Å²) in [6.07, 6.45) is 1.41. The Balaban J connectivity index is 1.91. The van der Waals surface area contributed by atoms with Crippen molar-refractivity contribution in [3.05, 3.63) is 95.6 Å². The van der Waals surface area contributed by atoms with E-state index in [-0.39, 0.29) is 26.4 Å². The molecule has 0 aromatic heterocycles. The average molecular weight is 649 g/mol. The van der Waals surface area contributed by atoms with Crippen LogP contribution in [0.5, 0.6) is 11.5 Å². The number of alkyl halides is 2. The topological polar surface area (TPSA) is 113 Å². The van der Waals surface area contributed by atoms with Gasteiger partial charge in [0.25, 0.3) is 0 Å². The number of hydrogen-bond donors (Lipinski definition) is 2. The van der Waals surface area contributed by atoms with Crippen LogP contribution in [0.15, 0.2) is 78.9 Å². The summed E-state index contributed by atoms with van der Waals surface area (Å²) in [5.41, 5.74) is 1.18. The molecule has 0 aliphatic carbocycles. The Bertz CT molecular complexity index is 1230. The Kier molecular flexibility index (Phi) is 14.6. The predicted octanol–water partition coefficient (Wildman–Crippen LogP) is 6.01. The number of unbranched alkanes of at least 4 members (excludes halogenated alkanes) is 3. The van der Waals surface area contributed by atoms with Crippen molar-refractivity contribution in [2.75, 3.05) is 40.6 Å². The van der Waals surface area contributed by atoms with E-state index in [0.717, 1.165) is 29.5 Å². The molecule has 1 atom stereocenters. The van der Waals surface area contributed by atoms with Crippen molar-refractivity contribution in [1.82, 2.24) is 5.32 Å². The lowest BCUT2D eigenvalue weighted by Crippen LogP contribution is -2.42. The maximum atomic E-state index is 12.4. The molecule has 3 aromatic carbocycles. The number of hydrogen-bond acceptors (Lipinski definition) is 8. The van der Waals surface area contributed by atoms with E-state index in [9.17, 15) is 9.59 Å². The van der Waals surface area contributed by atoms with Crippen molar-refractivity contribution in [2.24, 2.45) is 0 Å². The van der Waals surface area contributed by atoms with Crippen molar-refractivity contribution >= 4 is 35.3 Å². The zero-order valence-corrected chi connectivity index (χ0v) is 26.4. The first-order valence-corrected chi connectivity index (χ1v) is 15.2. The molecule has 0 spiro atoms. The third-order valence-electron chi connectivity index (χ3n) is 6.88. The van der Waals surface area contributed by atoms with E-state index in [4.69, 9.17) is 52.0 Å². The van der Waals surface area contributed by atoms with Crippen LogP contribution in [0.2, 0.25) is 0 Å². The van der Waals surface area contributed by atoms with E-state index in [1.165, 1.54) is 0 Å². The number of amides is 1. The third kappa shape index (κ3) is 10.0. The number of benzene rings is 3. The fourth-order valence-electron chi connectivity index (χ4n) is 4.62. The predicted molar refractivity (Wildman–Crippen MR) is 169 cm³/mol. The summed E-state index contributed by atoms with van der Waals surface area (Å²) in [5.74, 6) is 0.465. The molecule has 3 rings (SSSR count). The van der Waals surface area contributed by atoms with Crippen LogP contribution in [0.1, 0.15) is 42.4 Å². The highest BCUT2D eigenvalue weighted by Gasteiger charge is 2.39. The molecular formula is C33H39Cl2NO8. The smallest absolute Gasteiger partial charge is 0.407 e. The van der Waals surface area contributed by atoms with Gasteiger partial charge in [-0.3, -0.25) is 0 Å². The number of carbonyl (C=O) groups excluding carboxylic acids is 2. The second-order valence-corrected chi connectivity index (χ2v) is 10.9. The zero-order chi connectivity index (χ0) is 31.8. The lowest BCUT2D eigenvalue weighted by Gasteiger charge is -2.37. The van der Waals surface area contributed by atoms with Gasteiger partial charge >= 0.3 is 12.1 Å². The molecule has 0 radical (unpaired) electrons. The van der Waals surface area contributed by atoms with E-state index in [2.05, 4.69) is 5.32 Å². The van der Waals surface area contributed by atoms with E-state index in [1.807, 2.05) is 78.9 Å². The molecule has 238 valence electrons. The van der Waals surface area contributed by atoms with Gasteiger partial charge in [-0.05, 0) is 60.2 Å². The Hall–Kier alpha value is -3.50. The fraction of sp³-hybridized carbons (Fsp3) is 0.394. The third-order valence-corrected chi connectivity index (χ3v) is 7.24. The van der Waals surface area contributed by atoms with Gasteiger partial charge in [-0.15, -0.1) is 0 Å². The average Bonchev–Trinajstić information content (AvgIpc) is 3.06. The highest BCUT2D eigenvalue weighted by Crippen LogP contribution is 2.41. The van der Waals surface area contributed by atoms with Gasteiger partial charge in [-0.25, -0.2) is 9.59 Å². The SMILES string of the molecule is COc1ccc(C(OCC(CNC(=O)OCCCCCCO)OC(=O)C(Cl)Cl)(c2ccccc2)c2ccc(OC)cc2)cc1. The minimum absolute atomic E-state index is 0.119. The summed E-state index contributed by atoms with van der Waals surface area (Å²) in [5, 5.41) is 11.5. The summed E-state index contributed by atoms with van der Waals surface area (Å²) >= 11 is 11.6. The lowest BCUT2D eigenvalue weighted by molar-refractivity contribution is -0.152. The Morgan fingerprint density at radius 2 is 1.34 bits per heavy atom. The van der Waals surface area contributed by atoms with Crippen molar-refractivity contribution in [3.63, 3.8) is 0 Å². The number of rotatable bonds is 18. The molecule has 9 nitrogen and oxygen atoms in total. The molecule has 0 aliphatic heterocycles. The fourth-order valence-corrected chi connectivity index (χ4v) is 4.73. The lowest BCUT2D eigenvalue weighted by atomic mass is 9.80. The Labute approximate surface area is 268 Å². The molecule has 3 aromatic rings. The van der Waals surface area contributed by atoms with E-state index >= 15 is 0 Å². The molecular weight excluding hydrogens is 609 g/mol. The van der Waals surface area contributed by atoms with Gasteiger partial charge in [0.2, 0.25) is 4.84 Å². The largest absolute Gasteiger partial charge is 0.497 e. The molecule has 2 N–H and O–H groups in total. The normalized spacial score (nSPS) is 12.0. The minimum Gasteiger partial charge on any atom is -0.497 e. The molecule has 11 heteroatoms. The Morgan fingerprint density at radius 3 is 1.86 bits per heavy atom. The van der Waals surface area contributed by atoms with Crippen molar-refractivity contribution in [1.29, 1.82) is 0 Å². The number of alkyl carbamates (subject to hydrolysis) is 1. The molecule has 0 saturated carbocycles. The first-order chi connectivity index (χ1) is 21.3. The maximum Gasteiger partial charge on any atom is 0.407 e. The standard InChI is InChI=1S/C33H39Cl2NO8/c1-40-27-16-12-25(13-17-27)33(24-10-6-5-7-11-24,26-14-18-28(41-2)19-15-26)43-23-29(44-31(38)30(34)35)22-36-32(39)42-21-9-4-3-8-20-37/h5-7,10-19,29-30,37H,3-4,8-9,20-23H2,1-2H3,(H,36,39). The van der Waals surface area contributed by atoms with E-state index in [1.54, 1.807) is 14.2 Å². The summed E-state index contributed by atoms with van der Waals surface area (Å²) in [6.45, 7) is 0.0828. The van der Waals surface area contributed by atoms with Crippen LogP contribution in [0.25, 0.3) is 0 Å². The molecule has 1 unspecified atom stereocenters. The molecule has 0 bridgehead atoms. The van der Waals surface area contributed by atoms with Gasteiger partial charge < -0.3 is 34.1 Å². The van der Waals surface area contributed by atoms with Crippen molar-refractivity contribution in [3.8, 4) is 11.5 Å². The van der Waals surface area contributed by atoms with Gasteiger partial charge in [-0.2, -0.15) is 0 Å². The van der Waals surface area contributed by atoms with Crippen LogP contribution in [0.3, 0.4) is 0 Å². The van der Waals surface area contributed by atoms with E-state index < -0.39 is 28.6 Å². The van der Waals surface area contributed by atoms with Crippen molar-refractivity contribution in [2.45, 2.75) is 42.2 Å². The van der Waals surface area contributed by atoms with Gasteiger partial charge in [0.15, 0.2) is 0 Å². The van der Waals surface area contributed by atoms with Crippen LogP contribution in [-0.2, 0) is 24.6 Å². The number of aliphatic hydroxyl groups excluding tert-OH is 1. The van der Waals surface area contributed by atoms with Gasteiger partial charge in [0.1, 0.15) is 23.2 Å². The van der Waals surface area contributed by atoms with Crippen LogP contribution in [0.4, 0.5) is 4.79 Å². The molecule has 0 fully saturated rings. The number of methoxy groups -OCH3 is 2. The summed E-state index contributed by atoms with van der Waals surface area (Å²) in [6, 6.07) is 24.6. The summed E-state index contributed by atoms with van der Waals surface area (Å²) in [7, 11) is 3.18. The van der Waals surface area contributed by atoms with Gasteiger partial charge in [0, 0.05) is 6.61 Å². The maximum absolute atomic E-state index is 12.4. The summed E-state index contributed by atoms with van der Waals surface area (Å²) in [4.78, 5) is 23.4. The number of aliphatic hydroxyl groups is 1. The summed E-state index contributed by atoms with van der Waals surface area (Å²) < 4.78 is 28.4. The van der Waals surface area contributed by atoms with Gasteiger partial charge in [0.05, 0.1) is 34.0 Å². The molecule has 44 heavy (non-hydrogen) atoms. The first kappa shape index (κ1) is 35.0. The highest BCUT2D eigenvalue weighted by molar-refractivity contribution is 6.52. The first-order valence-electron chi connectivity index (χ1n) is 14.3.